The second-order valence-electron chi connectivity index (χ2n) is 3.95. The number of rotatable bonds is 5. The van der Waals surface area contributed by atoms with Gasteiger partial charge in [-0.3, -0.25) is 0 Å². The van der Waals surface area contributed by atoms with Crippen LogP contribution in [0.2, 0.25) is 0 Å². The van der Waals surface area contributed by atoms with E-state index >= 15 is 0 Å². The van der Waals surface area contributed by atoms with Crippen molar-refractivity contribution in [2.24, 2.45) is 7.05 Å². The van der Waals surface area contributed by atoms with E-state index in [-0.39, 0.29) is 0 Å². The molecule has 1 N–H and O–H groups in total. The van der Waals surface area contributed by atoms with Gasteiger partial charge in [0.25, 0.3) is 0 Å². The zero-order chi connectivity index (χ0) is 12.3. The van der Waals surface area contributed by atoms with Crippen molar-refractivity contribution in [2.45, 2.75) is 13.1 Å². The second-order valence-corrected chi connectivity index (χ2v) is 5.04. The van der Waals surface area contributed by atoms with Gasteiger partial charge in [0.05, 0.1) is 6.54 Å². The summed E-state index contributed by atoms with van der Waals surface area (Å²) in [7, 11) is 5.98. The Balaban J connectivity index is 2.04. The molecule has 0 aliphatic carbocycles. The fourth-order valence-corrected chi connectivity index (χ4v) is 2.44. The monoisotopic (exact) mass is 251 g/mol. The minimum atomic E-state index is 0.774. The number of anilines is 1. The van der Waals surface area contributed by atoms with Crippen LogP contribution in [0.15, 0.2) is 18.6 Å². The molecule has 0 bridgehead atoms. The Morgan fingerprint density at radius 2 is 2.29 bits per heavy atom. The third-order valence-corrected chi connectivity index (χ3v) is 3.63. The summed E-state index contributed by atoms with van der Waals surface area (Å²) in [4.78, 5) is 12.1. The van der Waals surface area contributed by atoms with Crippen LogP contribution in [0.1, 0.15) is 10.7 Å². The molecule has 0 fully saturated rings. The average Bonchev–Trinajstić information content (AvgIpc) is 2.90. The van der Waals surface area contributed by atoms with Gasteiger partial charge in [-0.1, -0.05) is 0 Å². The van der Waals surface area contributed by atoms with E-state index in [1.807, 2.05) is 44.3 Å². The molecule has 2 aromatic rings. The molecule has 0 unspecified atom stereocenters. The summed E-state index contributed by atoms with van der Waals surface area (Å²) in [5, 5.41) is 4.15. The van der Waals surface area contributed by atoms with Crippen molar-refractivity contribution in [3.05, 3.63) is 29.3 Å². The third kappa shape index (κ3) is 2.83. The largest absolute Gasteiger partial charge is 0.344 e. The first-order valence-electron chi connectivity index (χ1n) is 5.47. The van der Waals surface area contributed by atoms with E-state index in [0.717, 1.165) is 24.0 Å². The van der Waals surface area contributed by atoms with Gasteiger partial charge < -0.3 is 14.8 Å². The van der Waals surface area contributed by atoms with Gasteiger partial charge >= 0.3 is 0 Å². The number of imidazole rings is 1. The van der Waals surface area contributed by atoms with Crippen molar-refractivity contribution in [3.8, 4) is 0 Å². The number of thiazole rings is 1. The van der Waals surface area contributed by atoms with Crippen molar-refractivity contribution in [2.75, 3.05) is 19.0 Å². The fourth-order valence-electron chi connectivity index (χ4n) is 1.56. The quantitative estimate of drug-likeness (QED) is 0.868. The molecule has 0 aliphatic rings. The topological polar surface area (TPSA) is 46.0 Å². The highest BCUT2D eigenvalue weighted by Crippen LogP contribution is 2.22. The maximum Gasteiger partial charge on any atom is 0.185 e. The van der Waals surface area contributed by atoms with Crippen molar-refractivity contribution >= 4 is 16.5 Å². The average molecular weight is 251 g/mol. The Morgan fingerprint density at radius 1 is 1.47 bits per heavy atom. The zero-order valence-corrected chi connectivity index (χ0v) is 11.2. The first-order valence-corrected chi connectivity index (χ1v) is 6.29. The molecule has 2 rings (SSSR count). The van der Waals surface area contributed by atoms with E-state index < -0.39 is 0 Å². The smallest absolute Gasteiger partial charge is 0.185 e. The van der Waals surface area contributed by atoms with Crippen LogP contribution in [0.4, 0.5) is 5.13 Å². The lowest BCUT2D eigenvalue weighted by atomic mass is 10.5. The molecule has 0 spiro atoms. The van der Waals surface area contributed by atoms with Crippen LogP contribution in [0.3, 0.4) is 0 Å². The Hall–Kier alpha value is -1.40. The van der Waals surface area contributed by atoms with Gasteiger partial charge in [0.15, 0.2) is 5.13 Å². The lowest BCUT2D eigenvalue weighted by Gasteiger charge is -2.14. The number of aryl methyl sites for hydroxylation is 1. The van der Waals surface area contributed by atoms with Crippen molar-refractivity contribution in [1.82, 2.24) is 19.9 Å². The third-order valence-electron chi connectivity index (χ3n) is 2.52. The fraction of sp³-hybridized carbons (Fsp3) is 0.455. The van der Waals surface area contributed by atoms with Crippen LogP contribution in [-0.4, -0.2) is 28.6 Å². The van der Waals surface area contributed by atoms with Gasteiger partial charge in [-0.25, -0.2) is 9.97 Å². The Labute approximate surface area is 105 Å². The number of aromatic nitrogens is 3. The summed E-state index contributed by atoms with van der Waals surface area (Å²) < 4.78 is 2.03. The summed E-state index contributed by atoms with van der Waals surface area (Å²) in [5.41, 5.74) is 0. The minimum absolute atomic E-state index is 0.774. The molecule has 0 atom stereocenters. The first-order chi connectivity index (χ1) is 8.20. The molecule has 0 amide bonds. The van der Waals surface area contributed by atoms with E-state index in [2.05, 4.69) is 20.2 Å². The predicted octanol–water partition coefficient (Wildman–Crippen LogP) is 1.23. The molecule has 0 aromatic carbocycles. The van der Waals surface area contributed by atoms with Crippen LogP contribution < -0.4 is 10.2 Å². The Morgan fingerprint density at radius 3 is 2.94 bits per heavy atom. The van der Waals surface area contributed by atoms with Crippen molar-refractivity contribution in [1.29, 1.82) is 0 Å². The highest BCUT2D eigenvalue weighted by molar-refractivity contribution is 7.15. The molecule has 0 saturated carbocycles. The molecule has 0 radical (unpaired) electrons. The predicted molar refractivity (Wildman–Crippen MR) is 70.2 cm³/mol. The van der Waals surface area contributed by atoms with Gasteiger partial charge in [0, 0.05) is 44.1 Å². The van der Waals surface area contributed by atoms with Crippen LogP contribution in [0, 0.1) is 0 Å². The molecule has 0 aliphatic heterocycles. The van der Waals surface area contributed by atoms with Gasteiger partial charge in [-0.15, -0.1) is 11.3 Å². The summed E-state index contributed by atoms with van der Waals surface area (Å²) >= 11 is 1.71. The van der Waals surface area contributed by atoms with Crippen LogP contribution in [-0.2, 0) is 20.1 Å². The van der Waals surface area contributed by atoms with E-state index in [1.54, 1.807) is 11.3 Å². The highest BCUT2D eigenvalue weighted by atomic mass is 32.1. The lowest BCUT2D eigenvalue weighted by Crippen LogP contribution is -2.18. The van der Waals surface area contributed by atoms with Gasteiger partial charge in [-0.05, 0) is 7.05 Å². The van der Waals surface area contributed by atoms with E-state index in [4.69, 9.17) is 0 Å². The SMILES string of the molecule is CNCc1cnc(N(C)Cc2nccn2C)s1. The maximum absolute atomic E-state index is 4.41. The molecular formula is C11H17N5S. The standard InChI is InChI=1S/C11H17N5S/c1-12-6-9-7-14-11(17-9)16(3)8-10-13-4-5-15(10)2/h4-5,7,12H,6,8H2,1-3H3. The Kier molecular flexibility index (Phi) is 3.75. The maximum atomic E-state index is 4.41. The summed E-state index contributed by atoms with van der Waals surface area (Å²) in [6.45, 7) is 1.64. The molecular weight excluding hydrogens is 234 g/mol. The van der Waals surface area contributed by atoms with Crippen molar-refractivity contribution < 1.29 is 0 Å². The number of hydrogen-bond acceptors (Lipinski definition) is 5. The van der Waals surface area contributed by atoms with Gasteiger partial charge in [0.1, 0.15) is 5.82 Å². The van der Waals surface area contributed by atoms with Crippen LogP contribution in [0.5, 0.6) is 0 Å². The van der Waals surface area contributed by atoms with Crippen LogP contribution in [0.25, 0.3) is 0 Å². The molecule has 92 valence electrons. The summed E-state index contributed by atoms with van der Waals surface area (Å²) in [6.07, 6.45) is 5.69. The number of hydrogen-bond donors (Lipinski definition) is 1. The molecule has 2 heterocycles. The number of nitrogens with one attached hydrogen (secondary N) is 1. The zero-order valence-electron chi connectivity index (χ0n) is 10.3. The minimum Gasteiger partial charge on any atom is -0.344 e. The molecule has 0 saturated heterocycles. The lowest BCUT2D eigenvalue weighted by molar-refractivity contribution is 0.760. The number of nitrogens with zero attached hydrogens (tertiary/aromatic N) is 4. The van der Waals surface area contributed by atoms with E-state index in [9.17, 15) is 0 Å². The Bertz CT molecular complexity index is 476. The van der Waals surface area contributed by atoms with Crippen LogP contribution >= 0.6 is 11.3 Å². The normalized spacial score (nSPS) is 10.8. The molecule has 17 heavy (non-hydrogen) atoms. The highest BCUT2D eigenvalue weighted by Gasteiger charge is 2.09. The van der Waals surface area contributed by atoms with E-state index in [0.29, 0.717) is 0 Å². The second kappa shape index (κ2) is 5.29. The molecule has 5 nitrogen and oxygen atoms in total. The van der Waals surface area contributed by atoms with E-state index in [1.165, 1.54) is 4.88 Å². The van der Waals surface area contributed by atoms with Gasteiger partial charge in [0.2, 0.25) is 0 Å². The molecule has 2 aromatic heterocycles. The summed E-state index contributed by atoms with van der Waals surface area (Å²) in [6, 6.07) is 0. The first kappa shape index (κ1) is 12.1. The van der Waals surface area contributed by atoms with Crippen molar-refractivity contribution in [3.63, 3.8) is 0 Å². The van der Waals surface area contributed by atoms with Gasteiger partial charge in [-0.2, -0.15) is 0 Å². The summed E-state index contributed by atoms with van der Waals surface area (Å²) in [5.74, 6) is 1.04. The molecule has 6 heteroatoms.